The van der Waals surface area contributed by atoms with Gasteiger partial charge in [-0.25, -0.2) is 0 Å². The van der Waals surface area contributed by atoms with Crippen LogP contribution in [0.2, 0.25) is 0 Å². The smallest absolute Gasteiger partial charge is 0.280 e. The number of aliphatic hydroxyl groups is 1. The van der Waals surface area contributed by atoms with E-state index in [0.717, 1.165) is 22.4 Å². The Kier molecular flexibility index (Phi) is 5.21. The molecule has 2 aromatic carbocycles. The summed E-state index contributed by atoms with van der Waals surface area (Å²) in [6.07, 6.45) is 0. The van der Waals surface area contributed by atoms with E-state index < -0.39 is 11.5 Å². The number of nitrogens with zero attached hydrogens (tertiary/aromatic N) is 4. The van der Waals surface area contributed by atoms with E-state index in [1.165, 1.54) is 0 Å². The van der Waals surface area contributed by atoms with Gasteiger partial charge in [0, 0.05) is 40.4 Å². The van der Waals surface area contributed by atoms with Crippen molar-refractivity contribution in [2.45, 2.75) is 32.2 Å². The van der Waals surface area contributed by atoms with Gasteiger partial charge in [0.2, 0.25) is 11.7 Å². The first-order chi connectivity index (χ1) is 16.4. The van der Waals surface area contributed by atoms with E-state index in [-0.39, 0.29) is 12.5 Å². The van der Waals surface area contributed by atoms with Crippen LogP contribution in [0.5, 0.6) is 5.75 Å². The van der Waals surface area contributed by atoms with Gasteiger partial charge < -0.3 is 14.4 Å². The summed E-state index contributed by atoms with van der Waals surface area (Å²) in [6.45, 7) is 5.45. The summed E-state index contributed by atoms with van der Waals surface area (Å²) in [5, 5.41) is 21.4. The van der Waals surface area contributed by atoms with Gasteiger partial charge in [0.1, 0.15) is 5.75 Å². The Hall–Kier alpha value is -3.98. The second-order valence-electron chi connectivity index (χ2n) is 8.91. The normalized spacial score (nSPS) is 15.6. The van der Waals surface area contributed by atoms with E-state index >= 15 is 0 Å². The van der Waals surface area contributed by atoms with Crippen molar-refractivity contribution < 1.29 is 19.2 Å². The molecular formula is C25H25N5O4. The van der Waals surface area contributed by atoms with E-state index in [4.69, 9.17) is 9.26 Å². The number of hydrogen-bond donors (Lipinski definition) is 2. The minimum atomic E-state index is -0.628. The van der Waals surface area contributed by atoms with Crippen LogP contribution in [-0.4, -0.2) is 45.1 Å². The van der Waals surface area contributed by atoms with Crippen molar-refractivity contribution in [2.75, 3.05) is 18.6 Å². The van der Waals surface area contributed by atoms with Crippen LogP contribution < -0.4 is 9.64 Å². The molecule has 0 spiro atoms. The molecule has 0 aliphatic carbocycles. The average molecular weight is 460 g/mol. The predicted molar refractivity (Wildman–Crippen MR) is 125 cm³/mol. The van der Waals surface area contributed by atoms with E-state index in [2.05, 4.69) is 20.3 Å². The summed E-state index contributed by atoms with van der Waals surface area (Å²) >= 11 is 0. The number of aliphatic hydroxyl groups excluding tert-OH is 1. The molecule has 174 valence electrons. The van der Waals surface area contributed by atoms with Crippen LogP contribution >= 0.6 is 0 Å². The molecular weight excluding hydrogens is 434 g/mol. The maximum absolute atomic E-state index is 13.7. The molecule has 2 aromatic heterocycles. The van der Waals surface area contributed by atoms with Gasteiger partial charge in [-0.2, -0.15) is 10.1 Å². The molecule has 1 amide bonds. The molecule has 1 atom stereocenters. The van der Waals surface area contributed by atoms with Crippen molar-refractivity contribution in [1.29, 1.82) is 0 Å². The van der Waals surface area contributed by atoms with Crippen LogP contribution in [0.3, 0.4) is 0 Å². The highest BCUT2D eigenvalue weighted by atomic mass is 16.5. The SMILES string of the molecule is COc1ccccc1C1c2c(n[nH]c2C(C)(C)CO)C(=O)N1c1ccc(-c2noc(C)n2)cc1. The molecule has 0 saturated carbocycles. The average Bonchev–Trinajstić information content (AvgIpc) is 3.55. The molecule has 2 N–H and O–H groups in total. The van der Waals surface area contributed by atoms with Crippen molar-refractivity contribution in [3.8, 4) is 17.1 Å². The lowest BCUT2D eigenvalue weighted by molar-refractivity contribution is 0.0988. The third-order valence-corrected chi connectivity index (χ3v) is 6.19. The molecule has 9 nitrogen and oxygen atoms in total. The van der Waals surface area contributed by atoms with Gasteiger partial charge in [-0.3, -0.25) is 14.8 Å². The summed E-state index contributed by atoms with van der Waals surface area (Å²) < 4.78 is 10.7. The Morgan fingerprint density at radius 3 is 2.56 bits per heavy atom. The third kappa shape index (κ3) is 3.36. The lowest BCUT2D eigenvalue weighted by atomic mass is 9.84. The van der Waals surface area contributed by atoms with Gasteiger partial charge in [-0.15, -0.1) is 0 Å². The fourth-order valence-electron chi connectivity index (χ4n) is 4.38. The van der Waals surface area contributed by atoms with Gasteiger partial charge in [-0.1, -0.05) is 37.2 Å². The summed E-state index contributed by atoms with van der Waals surface area (Å²) in [7, 11) is 1.61. The number of anilines is 1. The number of para-hydroxylation sites is 1. The summed E-state index contributed by atoms with van der Waals surface area (Å²) in [6, 6.07) is 14.5. The standard InChI is InChI=1S/C25H25N5O4/c1-14-26-23(29-34-14)15-9-11-16(12-10-15)30-21(17-7-5-6-8-18(17)33-4)19-20(24(30)32)27-28-22(19)25(2,3)13-31/h5-12,21,31H,13H2,1-4H3,(H,27,28). The largest absolute Gasteiger partial charge is 0.496 e. The zero-order chi connectivity index (χ0) is 24.0. The maximum atomic E-state index is 13.7. The number of amides is 1. The number of carbonyl (C=O) groups is 1. The highest BCUT2D eigenvalue weighted by Gasteiger charge is 2.46. The second kappa shape index (κ2) is 8.11. The number of rotatable bonds is 6. The topological polar surface area (TPSA) is 117 Å². The van der Waals surface area contributed by atoms with E-state index in [9.17, 15) is 9.90 Å². The van der Waals surface area contributed by atoms with Gasteiger partial charge >= 0.3 is 0 Å². The van der Waals surface area contributed by atoms with E-state index in [1.807, 2.05) is 62.4 Å². The number of ether oxygens (including phenoxy) is 1. The Bertz CT molecular complexity index is 1360. The van der Waals surface area contributed by atoms with Crippen LogP contribution in [0.4, 0.5) is 5.69 Å². The summed E-state index contributed by atoms with van der Waals surface area (Å²) in [5.74, 6) is 1.39. The van der Waals surface area contributed by atoms with Crippen LogP contribution in [0.15, 0.2) is 53.1 Å². The molecule has 5 rings (SSSR count). The second-order valence-corrected chi connectivity index (χ2v) is 8.91. The fraction of sp³-hybridized carbons (Fsp3) is 0.280. The van der Waals surface area contributed by atoms with Gasteiger partial charge in [0.05, 0.1) is 19.8 Å². The lowest BCUT2D eigenvalue weighted by Crippen LogP contribution is -2.31. The maximum Gasteiger partial charge on any atom is 0.280 e. The van der Waals surface area contributed by atoms with Gasteiger partial charge in [0.15, 0.2) is 5.69 Å². The number of methoxy groups -OCH3 is 1. The monoisotopic (exact) mass is 459 g/mol. The van der Waals surface area contributed by atoms with E-state index in [1.54, 1.807) is 18.9 Å². The van der Waals surface area contributed by atoms with Crippen molar-refractivity contribution in [3.05, 3.63) is 76.9 Å². The number of hydrogen-bond acceptors (Lipinski definition) is 7. The quantitative estimate of drug-likeness (QED) is 0.450. The van der Waals surface area contributed by atoms with Crippen molar-refractivity contribution >= 4 is 11.6 Å². The number of H-pyrrole nitrogens is 1. The Balaban J connectivity index is 1.66. The lowest BCUT2D eigenvalue weighted by Gasteiger charge is -2.30. The van der Waals surface area contributed by atoms with Crippen LogP contribution in [0.25, 0.3) is 11.4 Å². The number of aryl methyl sites for hydroxylation is 1. The molecule has 1 aliphatic heterocycles. The molecule has 0 fully saturated rings. The number of carbonyl (C=O) groups excluding carboxylic acids is 1. The summed E-state index contributed by atoms with van der Waals surface area (Å²) in [4.78, 5) is 19.6. The van der Waals surface area contributed by atoms with Crippen LogP contribution in [0.1, 0.15) is 53.1 Å². The number of aromatic nitrogens is 4. The Morgan fingerprint density at radius 2 is 1.91 bits per heavy atom. The molecule has 1 aliphatic rings. The zero-order valence-corrected chi connectivity index (χ0v) is 19.4. The first kappa shape index (κ1) is 21.8. The Labute approximate surface area is 196 Å². The minimum Gasteiger partial charge on any atom is -0.496 e. The molecule has 3 heterocycles. The van der Waals surface area contributed by atoms with Crippen LogP contribution in [0, 0.1) is 6.92 Å². The van der Waals surface area contributed by atoms with Gasteiger partial charge in [-0.05, 0) is 30.3 Å². The number of benzene rings is 2. The molecule has 4 aromatic rings. The van der Waals surface area contributed by atoms with Crippen molar-refractivity contribution in [2.24, 2.45) is 0 Å². The minimum absolute atomic E-state index is 0.104. The fourth-order valence-corrected chi connectivity index (χ4v) is 4.38. The molecule has 0 radical (unpaired) electrons. The first-order valence-corrected chi connectivity index (χ1v) is 10.9. The zero-order valence-electron chi connectivity index (χ0n) is 19.4. The molecule has 0 saturated heterocycles. The predicted octanol–water partition coefficient (Wildman–Crippen LogP) is 3.80. The van der Waals surface area contributed by atoms with Crippen molar-refractivity contribution in [3.63, 3.8) is 0 Å². The van der Waals surface area contributed by atoms with Gasteiger partial charge in [0.25, 0.3) is 5.91 Å². The summed E-state index contributed by atoms with van der Waals surface area (Å²) in [5.41, 5.74) is 3.47. The highest BCUT2D eigenvalue weighted by Crippen LogP contribution is 2.47. The Morgan fingerprint density at radius 1 is 1.18 bits per heavy atom. The number of aromatic amines is 1. The molecule has 9 heteroatoms. The third-order valence-electron chi connectivity index (χ3n) is 6.19. The molecule has 0 bridgehead atoms. The molecule has 1 unspecified atom stereocenters. The number of fused-ring (bicyclic) bond motifs is 1. The van der Waals surface area contributed by atoms with Crippen molar-refractivity contribution in [1.82, 2.24) is 20.3 Å². The first-order valence-electron chi connectivity index (χ1n) is 10.9. The van der Waals surface area contributed by atoms with E-state index in [0.29, 0.717) is 28.8 Å². The van der Waals surface area contributed by atoms with Crippen LogP contribution in [-0.2, 0) is 5.41 Å². The highest BCUT2D eigenvalue weighted by molar-refractivity contribution is 6.11. The molecule has 34 heavy (non-hydrogen) atoms. The number of nitrogens with one attached hydrogen (secondary N) is 1.